The quantitative estimate of drug-likeness (QED) is 0.302. The Morgan fingerprint density at radius 2 is 1.83 bits per heavy atom. The van der Waals surface area contributed by atoms with Crippen molar-refractivity contribution in [2.75, 3.05) is 5.75 Å². The first-order valence-electron chi connectivity index (χ1n) is 9.59. The average Bonchev–Trinajstić information content (AvgIpc) is 3.51. The number of carbonyl (C=O) groups is 1. The summed E-state index contributed by atoms with van der Waals surface area (Å²) < 4.78 is 2.04. The molecule has 0 radical (unpaired) electrons. The first kappa shape index (κ1) is 18.4. The van der Waals surface area contributed by atoms with Gasteiger partial charge in [-0.15, -0.1) is 10.2 Å². The second kappa shape index (κ2) is 7.68. The molecule has 0 bridgehead atoms. The molecule has 0 saturated heterocycles. The number of nitrogens with one attached hydrogen (secondary N) is 2. The summed E-state index contributed by atoms with van der Waals surface area (Å²) in [6.45, 7) is 2.06. The molecule has 2 aromatic carbocycles. The molecule has 30 heavy (non-hydrogen) atoms. The molecule has 148 valence electrons. The molecule has 5 aromatic rings. The smallest absolute Gasteiger partial charge is 0.196 e. The summed E-state index contributed by atoms with van der Waals surface area (Å²) in [4.78, 5) is 18.8. The molecule has 7 heteroatoms. The fourth-order valence-corrected chi connectivity index (χ4v) is 4.37. The molecule has 0 fully saturated rings. The lowest BCUT2D eigenvalue weighted by Gasteiger charge is -2.12. The number of benzene rings is 2. The van der Waals surface area contributed by atoms with Crippen LogP contribution in [0.1, 0.15) is 16.1 Å². The number of hydrogen-bond acceptors (Lipinski definition) is 4. The molecule has 0 aliphatic rings. The predicted octanol–water partition coefficient (Wildman–Crippen LogP) is 5.03. The van der Waals surface area contributed by atoms with E-state index in [-0.39, 0.29) is 11.5 Å². The van der Waals surface area contributed by atoms with E-state index >= 15 is 0 Å². The Kier molecular flexibility index (Phi) is 4.72. The first-order valence-corrected chi connectivity index (χ1v) is 10.6. The summed E-state index contributed by atoms with van der Waals surface area (Å²) in [7, 11) is 0. The van der Waals surface area contributed by atoms with Crippen LogP contribution in [0.3, 0.4) is 0 Å². The molecule has 0 atom stereocenters. The molecule has 0 aliphatic carbocycles. The molecule has 0 unspecified atom stereocenters. The number of H-pyrrole nitrogens is 2. The number of aromatic nitrogens is 5. The Hall–Kier alpha value is -3.58. The second-order valence-electron chi connectivity index (χ2n) is 6.97. The molecule has 2 N–H and O–H groups in total. The van der Waals surface area contributed by atoms with Crippen molar-refractivity contribution < 1.29 is 4.79 Å². The zero-order chi connectivity index (χ0) is 20.5. The zero-order valence-electron chi connectivity index (χ0n) is 16.3. The van der Waals surface area contributed by atoms with Gasteiger partial charge in [0.15, 0.2) is 16.8 Å². The van der Waals surface area contributed by atoms with Crippen LogP contribution in [-0.4, -0.2) is 36.3 Å². The van der Waals surface area contributed by atoms with Gasteiger partial charge in [0.2, 0.25) is 0 Å². The Bertz CT molecular complexity index is 1330. The van der Waals surface area contributed by atoms with Gasteiger partial charge in [-0.3, -0.25) is 9.36 Å². The van der Waals surface area contributed by atoms with Crippen molar-refractivity contribution in [2.45, 2.75) is 12.1 Å². The van der Waals surface area contributed by atoms with E-state index in [4.69, 9.17) is 0 Å². The van der Waals surface area contributed by atoms with E-state index in [0.29, 0.717) is 10.9 Å². The van der Waals surface area contributed by atoms with Gasteiger partial charge in [-0.2, -0.15) is 0 Å². The van der Waals surface area contributed by atoms with Crippen molar-refractivity contribution in [1.82, 2.24) is 24.7 Å². The number of hydrogen-bond donors (Lipinski definition) is 2. The molecular weight excluding hydrogens is 394 g/mol. The lowest BCUT2D eigenvalue weighted by Crippen LogP contribution is -2.06. The maximum atomic E-state index is 12.5. The van der Waals surface area contributed by atoms with Gasteiger partial charge in [-0.05, 0) is 36.8 Å². The largest absolute Gasteiger partial charge is 0.360 e. The highest BCUT2D eigenvalue weighted by Crippen LogP contribution is 2.33. The summed E-state index contributed by atoms with van der Waals surface area (Å²) >= 11 is 1.39. The summed E-state index contributed by atoms with van der Waals surface area (Å²) in [6.07, 6.45) is 3.71. The molecule has 0 saturated carbocycles. The molecule has 0 spiro atoms. The summed E-state index contributed by atoms with van der Waals surface area (Å²) in [6, 6.07) is 19.9. The maximum absolute atomic E-state index is 12.5. The van der Waals surface area contributed by atoms with Gasteiger partial charge in [0.25, 0.3) is 0 Å². The number of aromatic amines is 2. The minimum absolute atomic E-state index is 0.0259. The third-order valence-electron chi connectivity index (χ3n) is 5.05. The lowest BCUT2D eigenvalue weighted by molar-refractivity contribution is 0.101. The molecule has 6 nitrogen and oxygen atoms in total. The zero-order valence-corrected chi connectivity index (χ0v) is 17.1. The van der Waals surface area contributed by atoms with Gasteiger partial charge < -0.3 is 9.97 Å². The topological polar surface area (TPSA) is 79.4 Å². The SMILES string of the molecule is Cc1ccccc1-n1c(SCC(=O)c2ccc[nH]2)nnc1-c1c[nH]c2ccccc12. The van der Waals surface area contributed by atoms with Crippen molar-refractivity contribution in [1.29, 1.82) is 0 Å². The van der Waals surface area contributed by atoms with Gasteiger partial charge in [-0.1, -0.05) is 48.2 Å². The molecule has 3 heterocycles. The van der Waals surface area contributed by atoms with E-state index in [0.717, 1.165) is 33.5 Å². The van der Waals surface area contributed by atoms with Gasteiger partial charge in [0.05, 0.1) is 17.1 Å². The van der Waals surface area contributed by atoms with E-state index in [1.807, 2.05) is 53.2 Å². The minimum atomic E-state index is 0.0259. The molecule has 0 aliphatic heterocycles. The van der Waals surface area contributed by atoms with Crippen molar-refractivity contribution in [3.05, 3.63) is 84.3 Å². The van der Waals surface area contributed by atoms with Crippen LogP contribution in [0.4, 0.5) is 0 Å². The third kappa shape index (κ3) is 3.23. The number of nitrogens with zero attached hydrogens (tertiary/aromatic N) is 3. The lowest BCUT2D eigenvalue weighted by atomic mass is 10.1. The van der Waals surface area contributed by atoms with E-state index in [1.165, 1.54) is 11.8 Å². The highest BCUT2D eigenvalue weighted by atomic mass is 32.2. The number of thioether (sulfide) groups is 1. The van der Waals surface area contributed by atoms with Crippen LogP contribution in [-0.2, 0) is 0 Å². The summed E-state index contributed by atoms with van der Waals surface area (Å²) in [5.74, 6) is 1.05. The number of ketones is 1. The van der Waals surface area contributed by atoms with Gasteiger partial charge in [0, 0.05) is 28.9 Å². The van der Waals surface area contributed by atoms with E-state index < -0.39 is 0 Å². The van der Waals surface area contributed by atoms with Crippen LogP contribution < -0.4 is 0 Å². The maximum Gasteiger partial charge on any atom is 0.196 e. The van der Waals surface area contributed by atoms with Gasteiger partial charge in [0.1, 0.15) is 0 Å². The fourth-order valence-electron chi connectivity index (χ4n) is 3.54. The Balaban J connectivity index is 1.60. The van der Waals surface area contributed by atoms with Crippen molar-refractivity contribution >= 4 is 28.4 Å². The standard InChI is InChI=1S/C23H19N5OS/c1-15-7-2-5-11-20(15)28-22(17-13-25-18-9-4-3-8-16(17)18)26-27-23(28)30-14-21(29)19-10-6-12-24-19/h2-13,24-25H,14H2,1H3. The van der Waals surface area contributed by atoms with Gasteiger partial charge >= 0.3 is 0 Å². The number of Topliss-reactive ketones (excluding diaryl/α,β-unsaturated/α-hetero) is 1. The fraction of sp³-hybridized carbons (Fsp3) is 0.0870. The molecule has 0 amide bonds. The Labute approximate surface area is 177 Å². The average molecular weight is 414 g/mol. The van der Waals surface area contributed by atoms with Crippen molar-refractivity contribution in [3.63, 3.8) is 0 Å². The van der Waals surface area contributed by atoms with Gasteiger partial charge in [-0.25, -0.2) is 0 Å². The minimum Gasteiger partial charge on any atom is -0.360 e. The third-order valence-corrected chi connectivity index (χ3v) is 5.98. The van der Waals surface area contributed by atoms with Crippen LogP contribution in [0.25, 0.3) is 28.0 Å². The van der Waals surface area contributed by atoms with Crippen LogP contribution in [0, 0.1) is 6.92 Å². The van der Waals surface area contributed by atoms with Crippen LogP contribution in [0.15, 0.2) is 78.2 Å². The highest BCUT2D eigenvalue weighted by Gasteiger charge is 2.21. The van der Waals surface area contributed by atoms with Crippen LogP contribution in [0.5, 0.6) is 0 Å². The molecular formula is C23H19N5OS. The normalized spacial score (nSPS) is 11.2. The predicted molar refractivity (Wildman–Crippen MR) is 119 cm³/mol. The van der Waals surface area contributed by atoms with Crippen LogP contribution in [0.2, 0.25) is 0 Å². The van der Waals surface area contributed by atoms with E-state index in [1.54, 1.807) is 12.3 Å². The van der Waals surface area contributed by atoms with E-state index in [2.05, 4.69) is 39.2 Å². The van der Waals surface area contributed by atoms with E-state index in [9.17, 15) is 4.79 Å². The Morgan fingerprint density at radius 1 is 1.00 bits per heavy atom. The molecule has 3 aromatic heterocycles. The second-order valence-corrected chi connectivity index (χ2v) is 7.91. The summed E-state index contributed by atoms with van der Waals surface area (Å²) in [5, 5.41) is 10.7. The van der Waals surface area contributed by atoms with Crippen molar-refractivity contribution in [2.24, 2.45) is 0 Å². The Morgan fingerprint density at radius 3 is 2.67 bits per heavy atom. The number of carbonyl (C=O) groups excluding carboxylic acids is 1. The number of rotatable bonds is 6. The number of aryl methyl sites for hydroxylation is 1. The first-order chi connectivity index (χ1) is 14.7. The summed E-state index contributed by atoms with van der Waals surface area (Å²) in [5.41, 5.74) is 4.72. The number of para-hydroxylation sites is 2. The van der Waals surface area contributed by atoms with Crippen LogP contribution >= 0.6 is 11.8 Å². The number of fused-ring (bicyclic) bond motifs is 1. The highest BCUT2D eigenvalue weighted by molar-refractivity contribution is 7.99. The monoisotopic (exact) mass is 413 g/mol. The van der Waals surface area contributed by atoms with Crippen molar-refractivity contribution in [3.8, 4) is 17.1 Å². The molecule has 5 rings (SSSR count).